The number of carboxylic acids is 1. The zero-order chi connectivity index (χ0) is 14.5. The molecule has 1 aromatic carbocycles. The highest BCUT2D eigenvalue weighted by molar-refractivity contribution is 9.10. The van der Waals surface area contributed by atoms with Gasteiger partial charge in [-0.15, -0.1) is 0 Å². The monoisotopic (exact) mass is 337 g/mol. The Bertz CT molecular complexity index is 542. The number of benzene rings is 1. The van der Waals surface area contributed by atoms with Crippen molar-refractivity contribution in [3.63, 3.8) is 0 Å². The first kappa shape index (κ1) is 14.8. The van der Waals surface area contributed by atoms with Crippen molar-refractivity contribution in [3.05, 3.63) is 46.5 Å². The maximum absolute atomic E-state index is 12.2. The molecule has 5 heteroatoms. The molecule has 106 valence electrons. The Labute approximate surface area is 126 Å². The Morgan fingerprint density at radius 2 is 1.95 bits per heavy atom. The summed E-state index contributed by atoms with van der Waals surface area (Å²) >= 11 is 3.37. The van der Waals surface area contributed by atoms with Crippen LogP contribution in [-0.2, 0) is 16.1 Å². The molecule has 0 bridgehead atoms. The number of nitrogens with one attached hydrogen (secondary N) is 1. The molecule has 1 aromatic rings. The summed E-state index contributed by atoms with van der Waals surface area (Å²) in [4.78, 5) is 23.3. The third-order valence-electron chi connectivity index (χ3n) is 3.44. The van der Waals surface area contributed by atoms with Gasteiger partial charge in [0.05, 0.1) is 11.8 Å². The van der Waals surface area contributed by atoms with Crippen LogP contribution in [0.3, 0.4) is 0 Å². The lowest BCUT2D eigenvalue weighted by Gasteiger charge is -2.24. The number of aliphatic carboxylic acids is 1. The summed E-state index contributed by atoms with van der Waals surface area (Å²) < 4.78 is 0.952. The first-order valence-electron chi connectivity index (χ1n) is 6.48. The van der Waals surface area contributed by atoms with Crippen LogP contribution >= 0.6 is 15.9 Å². The van der Waals surface area contributed by atoms with Crippen LogP contribution in [0, 0.1) is 11.8 Å². The van der Waals surface area contributed by atoms with Gasteiger partial charge >= 0.3 is 5.97 Å². The molecule has 0 radical (unpaired) electrons. The fourth-order valence-corrected chi connectivity index (χ4v) is 2.79. The lowest BCUT2D eigenvalue weighted by Crippen LogP contribution is -2.38. The standard InChI is InChI=1S/C15H16BrNO3/c16-11-5-3-4-10(8-11)9-17-14(18)12-6-1-2-7-13(12)15(19)20/h1-5,8,12-13H,6-7,9H2,(H,17,18)(H,19,20). The van der Waals surface area contributed by atoms with E-state index in [1.54, 1.807) is 0 Å². The van der Waals surface area contributed by atoms with E-state index in [0.29, 0.717) is 19.4 Å². The molecular formula is C15H16BrNO3. The molecule has 1 aliphatic rings. The highest BCUT2D eigenvalue weighted by Gasteiger charge is 2.33. The molecule has 0 saturated carbocycles. The SMILES string of the molecule is O=C(O)C1CC=CCC1C(=O)NCc1cccc(Br)c1. The fraction of sp³-hybridized carbons (Fsp3) is 0.333. The summed E-state index contributed by atoms with van der Waals surface area (Å²) in [5.74, 6) is -2.20. The molecule has 2 N–H and O–H groups in total. The van der Waals surface area contributed by atoms with E-state index in [4.69, 9.17) is 5.11 Å². The van der Waals surface area contributed by atoms with Crippen molar-refractivity contribution in [1.82, 2.24) is 5.32 Å². The zero-order valence-electron chi connectivity index (χ0n) is 10.9. The highest BCUT2D eigenvalue weighted by Crippen LogP contribution is 2.26. The molecule has 0 spiro atoms. The predicted octanol–water partition coefficient (Wildman–Crippen LogP) is 2.73. The van der Waals surface area contributed by atoms with Crippen LogP contribution in [0.2, 0.25) is 0 Å². The van der Waals surface area contributed by atoms with Gasteiger partial charge in [0.2, 0.25) is 5.91 Å². The number of allylic oxidation sites excluding steroid dienone is 2. The summed E-state index contributed by atoms with van der Waals surface area (Å²) in [7, 11) is 0. The van der Waals surface area contributed by atoms with Gasteiger partial charge in [-0.2, -0.15) is 0 Å². The number of halogens is 1. The van der Waals surface area contributed by atoms with Gasteiger partial charge in [0.15, 0.2) is 0 Å². The second-order valence-corrected chi connectivity index (χ2v) is 5.76. The van der Waals surface area contributed by atoms with Gasteiger partial charge in [-0.25, -0.2) is 0 Å². The minimum absolute atomic E-state index is 0.193. The zero-order valence-corrected chi connectivity index (χ0v) is 12.5. The summed E-state index contributed by atoms with van der Waals surface area (Å²) in [5.41, 5.74) is 0.978. The van der Waals surface area contributed by atoms with Crippen LogP contribution in [0.15, 0.2) is 40.9 Å². The molecule has 0 aliphatic heterocycles. The average Bonchev–Trinajstić information content (AvgIpc) is 2.45. The largest absolute Gasteiger partial charge is 0.481 e. The van der Waals surface area contributed by atoms with E-state index in [0.717, 1.165) is 10.0 Å². The van der Waals surface area contributed by atoms with E-state index in [1.807, 2.05) is 36.4 Å². The molecule has 2 rings (SSSR count). The summed E-state index contributed by atoms with van der Waals surface area (Å²) in [6.07, 6.45) is 4.62. The Hall–Kier alpha value is -1.62. The molecule has 0 aromatic heterocycles. The van der Waals surface area contributed by atoms with E-state index in [2.05, 4.69) is 21.2 Å². The second kappa shape index (κ2) is 6.70. The second-order valence-electron chi connectivity index (χ2n) is 4.84. The van der Waals surface area contributed by atoms with E-state index >= 15 is 0 Å². The lowest BCUT2D eigenvalue weighted by molar-refractivity contribution is -0.147. The van der Waals surface area contributed by atoms with E-state index < -0.39 is 17.8 Å². The highest BCUT2D eigenvalue weighted by atomic mass is 79.9. The van der Waals surface area contributed by atoms with Crippen LogP contribution in [0.5, 0.6) is 0 Å². The van der Waals surface area contributed by atoms with Gasteiger partial charge in [-0.05, 0) is 30.5 Å². The van der Waals surface area contributed by atoms with Crippen molar-refractivity contribution in [2.45, 2.75) is 19.4 Å². The number of hydrogen-bond donors (Lipinski definition) is 2. The topological polar surface area (TPSA) is 66.4 Å². The van der Waals surface area contributed by atoms with Crippen LogP contribution < -0.4 is 5.32 Å². The summed E-state index contributed by atoms with van der Waals surface area (Å²) in [5, 5.41) is 12.0. The first-order chi connectivity index (χ1) is 9.58. The number of amides is 1. The van der Waals surface area contributed by atoms with Crippen molar-refractivity contribution in [3.8, 4) is 0 Å². The van der Waals surface area contributed by atoms with Crippen LogP contribution in [0.4, 0.5) is 0 Å². The van der Waals surface area contributed by atoms with Crippen molar-refractivity contribution in [1.29, 1.82) is 0 Å². The molecule has 1 amide bonds. The third-order valence-corrected chi connectivity index (χ3v) is 3.94. The van der Waals surface area contributed by atoms with Gasteiger partial charge in [0.1, 0.15) is 0 Å². The van der Waals surface area contributed by atoms with Crippen LogP contribution in [0.1, 0.15) is 18.4 Å². The quantitative estimate of drug-likeness (QED) is 0.830. The molecule has 2 unspecified atom stereocenters. The van der Waals surface area contributed by atoms with Gasteiger partial charge in [-0.3, -0.25) is 9.59 Å². The minimum atomic E-state index is -0.906. The van der Waals surface area contributed by atoms with E-state index in [1.165, 1.54) is 0 Å². The predicted molar refractivity (Wildman–Crippen MR) is 79.0 cm³/mol. The number of carboxylic acid groups (broad SMARTS) is 1. The van der Waals surface area contributed by atoms with Gasteiger partial charge < -0.3 is 10.4 Å². The Morgan fingerprint density at radius 3 is 2.60 bits per heavy atom. The molecule has 4 nitrogen and oxygen atoms in total. The van der Waals surface area contributed by atoms with Crippen molar-refractivity contribution in [2.24, 2.45) is 11.8 Å². The van der Waals surface area contributed by atoms with Crippen LogP contribution in [-0.4, -0.2) is 17.0 Å². The van der Waals surface area contributed by atoms with Crippen molar-refractivity contribution in [2.75, 3.05) is 0 Å². The molecule has 0 fully saturated rings. The lowest BCUT2D eigenvalue weighted by atomic mass is 9.82. The van der Waals surface area contributed by atoms with Crippen molar-refractivity contribution < 1.29 is 14.7 Å². The molecule has 20 heavy (non-hydrogen) atoms. The van der Waals surface area contributed by atoms with Gasteiger partial charge in [-0.1, -0.05) is 40.2 Å². The Kier molecular flexibility index (Phi) is 4.95. The number of hydrogen-bond acceptors (Lipinski definition) is 2. The molecule has 0 heterocycles. The number of carbonyl (C=O) groups excluding carboxylic acids is 1. The van der Waals surface area contributed by atoms with E-state index in [-0.39, 0.29) is 5.91 Å². The first-order valence-corrected chi connectivity index (χ1v) is 7.27. The molecule has 1 aliphatic carbocycles. The van der Waals surface area contributed by atoms with Crippen LogP contribution in [0.25, 0.3) is 0 Å². The summed E-state index contributed by atoms with van der Waals surface area (Å²) in [6, 6.07) is 7.66. The third kappa shape index (κ3) is 3.70. The Morgan fingerprint density at radius 1 is 1.25 bits per heavy atom. The summed E-state index contributed by atoms with van der Waals surface area (Å²) in [6.45, 7) is 0.408. The molecule has 0 saturated heterocycles. The fourth-order valence-electron chi connectivity index (χ4n) is 2.34. The molecular weight excluding hydrogens is 322 g/mol. The van der Waals surface area contributed by atoms with Gasteiger partial charge in [0, 0.05) is 11.0 Å². The van der Waals surface area contributed by atoms with Gasteiger partial charge in [0.25, 0.3) is 0 Å². The van der Waals surface area contributed by atoms with Crippen molar-refractivity contribution >= 4 is 27.8 Å². The van der Waals surface area contributed by atoms with E-state index in [9.17, 15) is 9.59 Å². The maximum Gasteiger partial charge on any atom is 0.307 e. The average molecular weight is 338 g/mol. The number of rotatable bonds is 4. The smallest absolute Gasteiger partial charge is 0.307 e. The Balaban J connectivity index is 1.97. The minimum Gasteiger partial charge on any atom is -0.481 e. The maximum atomic E-state index is 12.2. The molecule has 2 atom stereocenters. The number of carbonyl (C=O) groups is 2. The normalized spacial score (nSPS) is 21.4.